The molecule has 1 heterocycles. The van der Waals surface area contributed by atoms with Crippen LogP contribution in [0.5, 0.6) is 11.8 Å². The van der Waals surface area contributed by atoms with Crippen LogP contribution in [0.4, 0.5) is 13.2 Å². The van der Waals surface area contributed by atoms with Gasteiger partial charge in [0.25, 0.3) is 5.91 Å². The van der Waals surface area contributed by atoms with Gasteiger partial charge in [-0.1, -0.05) is 17.7 Å². The monoisotopic (exact) mass is 536 g/mol. The normalized spacial score (nSPS) is 15.2. The molecule has 1 fully saturated rings. The molecule has 1 saturated carbocycles. The Hall–Kier alpha value is -3.44. The molecule has 0 unspecified atom stereocenters. The van der Waals surface area contributed by atoms with Crippen LogP contribution in [0.25, 0.3) is 22.8 Å². The van der Waals surface area contributed by atoms with E-state index in [9.17, 15) is 23.1 Å². The van der Waals surface area contributed by atoms with E-state index in [1.807, 2.05) is 0 Å². The maximum Gasteiger partial charge on any atom is 0.426 e. The highest BCUT2D eigenvalue weighted by atomic mass is 35.5. The lowest BCUT2D eigenvalue weighted by Crippen LogP contribution is -2.55. The van der Waals surface area contributed by atoms with Crippen LogP contribution in [-0.4, -0.2) is 51.5 Å². The number of nitrogens with one attached hydrogen (secondary N) is 1. The number of aromatic hydroxyl groups is 1. The number of carbonyl (C=O) groups excluding carboxylic acids is 1. The average molecular weight is 537 g/mol. The average Bonchev–Trinajstić information content (AvgIpc) is 3.70. The standard InChI is InChI=1S/C25H24ClF3N4O4/c1-24(36-2,25(27,28)29)22(34)30-12-15-5-10-19(26)18(11-15)21-31-20(32-23(35)33-21)16-6-8-17(9-7-16)37-13-14-3-4-14/h5-11,14H,3-4,12-13H2,1-2H3,(H,30,34)(H,31,32,33,35)/t24-/m1/s1. The van der Waals surface area contributed by atoms with Gasteiger partial charge in [0.1, 0.15) is 5.75 Å². The smallest absolute Gasteiger partial charge is 0.426 e. The highest BCUT2D eigenvalue weighted by molar-refractivity contribution is 6.33. The van der Waals surface area contributed by atoms with Gasteiger partial charge in [0.05, 0.1) is 11.6 Å². The number of nitrogens with zero attached hydrogens (tertiary/aromatic N) is 3. The Kier molecular flexibility index (Phi) is 7.56. The third-order valence-electron chi connectivity index (χ3n) is 6.03. The van der Waals surface area contributed by atoms with E-state index in [4.69, 9.17) is 16.3 Å². The lowest BCUT2D eigenvalue weighted by atomic mass is 10.0. The van der Waals surface area contributed by atoms with E-state index in [0.717, 1.165) is 7.11 Å². The number of alkyl halides is 3. The number of carbonyl (C=O) groups is 1. The summed E-state index contributed by atoms with van der Waals surface area (Å²) in [6.45, 7) is 1.08. The summed E-state index contributed by atoms with van der Waals surface area (Å²) >= 11 is 6.33. The van der Waals surface area contributed by atoms with Crippen molar-refractivity contribution in [3.05, 3.63) is 53.1 Å². The number of aromatic nitrogens is 3. The molecule has 196 valence electrons. The maximum absolute atomic E-state index is 13.3. The Morgan fingerprint density at radius 1 is 1.11 bits per heavy atom. The third-order valence-corrected chi connectivity index (χ3v) is 6.36. The molecule has 2 aromatic carbocycles. The summed E-state index contributed by atoms with van der Waals surface area (Å²) in [5.74, 6) is 0.218. The second-order valence-electron chi connectivity index (χ2n) is 8.79. The molecule has 1 atom stereocenters. The van der Waals surface area contributed by atoms with E-state index in [2.05, 4.69) is 25.0 Å². The van der Waals surface area contributed by atoms with Gasteiger partial charge in [-0.15, -0.1) is 0 Å². The number of halogens is 4. The Labute approximate surface area is 215 Å². The molecule has 0 radical (unpaired) electrons. The fourth-order valence-corrected chi connectivity index (χ4v) is 3.56. The van der Waals surface area contributed by atoms with Gasteiger partial charge in [-0.3, -0.25) is 4.79 Å². The van der Waals surface area contributed by atoms with Crippen LogP contribution in [0.1, 0.15) is 25.3 Å². The fraction of sp³-hybridized carbons (Fsp3) is 0.360. The summed E-state index contributed by atoms with van der Waals surface area (Å²) in [6.07, 6.45) is -2.54. The molecule has 0 spiro atoms. The first-order valence-electron chi connectivity index (χ1n) is 11.4. The Morgan fingerprint density at radius 3 is 2.41 bits per heavy atom. The minimum Gasteiger partial charge on any atom is -0.493 e. The number of hydrogen-bond donors (Lipinski definition) is 2. The van der Waals surface area contributed by atoms with Crippen LogP contribution in [0.3, 0.4) is 0 Å². The molecule has 8 nitrogen and oxygen atoms in total. The molecular weight excluding hydrogens is 513 g/mol. The summed E-state index contributed by atoms with van der Waals surface area (Å²) in [5, 5.41) is 12.6. The van der Waals surface area contributed by atoms with Crippen LogP contribution in [0, 0.1) is 5.92 Å². The highest BCUT2D eigenvalue weighted by Gasteiger charge is 2.57. The fourth-order valence-electron chi connectivity index (χ4n) is 3.36. The zero-order valence-electron chi connectivity index (χ0n) is 20.0. The molecule has 0 saturated heterocycles. The lowest BCUT2D eigenvalue weighted by molar-refractivity contribution is -0.253. The summed E-state index contributed by atoms with van der Waals surface area (Å²) in [6, 6.07) is 11.1. The largest absolute Gasteiger partial charge is 0.493 e. The second-order valence-corrected chi connectivity index (χ2v) is 9.20. The van der Waals surface area contributed by atoms with Crippen molar-refractivity contribution in [1.29, 1.82) is 0 Å². The van der Waals surface area contributed by atoms with Crippen molar-refractivity contribution in [2.45, 2.75) is 38.1 Å². The van der Waals surface area contributed by atoms with E-state index in [1.165, 1.54) is 31.0 Å². The van der Waals surface area contributed by atoms with E-state index < -0.39 is 23.7 Å². The van der Waals surface area contributed by atoms with Gasteiger partial charge in [0.15, 0.2) is 11.6 Å². The first-order valence-corrected chi connectivity index (χ1v) is 11.7. The van der Waals surface area contributed by atoms with Crippen LogP contribution in [0.15, 0.2) is 42.5 Å². The van der Waals surface area contributed by atoms with Crippen LogP contribution < -0.4 is 10.1 Å². The summed E-state index contributed by atoms with van der Waals surface area (Å²) in [5.41, 5.74) is -1.69. The molecule has 37 heavy (non-hydrogen) atoms. The first-order chi connectivity index (χ1) is 17.5. The molecule has 1 aliphatic rings. The highest BCUT2D eigenvalue weighted by Crippen LogP contribution is 2.34. The second kappa shape index (κ2) is 10.5. The number of amides is 1. The van der Waals surface area contributed by atoms with Gasteiger partial charge < -0.3 is 19.9 Å². The van der Waals surface area contributed by atoms with E-state index in [-0.39, 0.29) is 23.2 Å². The lowest BCUT2D eigenvalue weighted by Gasteiger charge is -2.29. The summed E-state index contributed by atoms with van der Waals surface area (Å²) < 4.78 is 50.0. The molecule has 1 aromatic heterocycles. The van der Waals surface area contributed by atoms with Crippen molar-refractivity contribution in [2.75, 3.05) is 13.7 Å². The van der Waals surface area contributed by atoms with E-state index in [0.29, 0.717) is 41.9 Å². The molecule has 1 aliphatic carbocycles. The SMILES string of the molecule is CO[C@](C)(C(=O)NCc1ccc(Cl)c(-c2nc(O)nc(-c3ccc(OCC4CC4)cc3)n2)c1)C(F)(F)F. The van der Waals surface area contributed by atoms with Crippen LogP contribution >= 0.6 is 11.6 Å². The molecule has 0 aliphatic heterocycles. The number of benzene rings is 2. The number of rotatable bonds is 9. The Bertz CT molecular complexity index is 1290. The number of ether oxygens (including phenoxy) is 2. The zero-order valence-corrected chi connectivity index (χ0v) is 20.7. The minimum absolute atomic E-state index is 0.0479. The van der Waals surface area contributed by atoms with Crippen molar-refractivity contribution in [2.24, 2.45) is 5.92 Å². The van der Waals surface area contributed by atoms with Crippen molar-refractivity contribution >= 4 is 17.5 Å². The molecule has 12 heteroatoms. The molecule has 1 amide bonds. The predicted molar refractivity (Wildman–Crippen MR) is 129 cm³/mol. The van der Waals surface area contributed by atoms with Crippen molar-refractivity contribution in [3.63, 3.8) is 0 Å². The van der Waals surface area contributed by atoms with Gasteiger partial charge in [0, 0.05) is 24.8 Å². The molecule has 4 rings (SSSR count). The van der Waals surface area contributed by atoms with Crippen molar-refractivity contribution < 1.29 is 32.5 Å². The minimum atomic E-state index is -4.91. The van der Waals surface area contributed by atoms with Crippen LogP contribution in [0.2, 0.25) is 5.02 Å². The van der Waals surface area contributed by atoms with E-state index >= 15 is 0 Å². The Balaban J connectivity index is 1.54. The van der Waals surface area contributed by atoms with Crippen LogP contribution in [-0.2, 0) is 16.1 Å². The Morgan fingerprint density at radius 2 is 1.78 bits per heavy atom. The van der Waals surface area contributed by atoms with Gasteiger partial charge in [0.2, 0.25) is 5.60 Å². The van der Waals surface area contributed by atoms with Gasteiger partial charge >= 0.3 is 12.2 Å². The first kappa shape index (κ1) is 26.6. The maximum atomic E-state index is 13.3. The zero-order chi connectivity index (χ0) is 26.8. The van der Waals surface area contributed by atoms with Crippen molar-refractivity contribution in [3.8, 4) is 34.5 Å². The van der Waals surface area contributed by atoms with Crippen molar-refractivity contribution in [1.82, 2.24) is 20.3 Å². The summed E-state index contributed by atoms with van der Waals surface area (Å²) in [4.78, 5) is 24.6. The predicted octanol–water partition coefficient (Wildman–Crippen LogP) is 4.94. The molecule has 2 N–H and O–H groups in total. The molecular formula is C25H24ClF3N4O4. The van der Waals surface area contributed by atoms with Gasteiger partial charge in [-0.05, 0) is 67.6 Å². The number of hydrogen-bond acceptors (Lipinski definition) is 7. The molecule has 3 aromatic rings. The van der Waals surface area contributed by atoms with Gasteiger partial charge in [-0.2, -0.15) is 23.1 Å². The van der Waals surface area contributed by atoms with E-state index in [1.54, 1.807) is 24.3 Å². The third kappa shape index (κ3) is 6.11. The quantitative estimate of drug-likeness (QED) is 0.399. The molecule has 0 bridgehead atoms. The topological polar surface area (TPSA) is 106 Å². The summed E-state index contributed by atoms with van der Waals surface area (Å²) in [7, 11) is 0.813. The van der Waals surface area contributed by atoms with Gasteiger partial charge in [-0.25, -0.2) is 4.98 Å². The number of methoxy groups -OCH3 is 1.